The van der Waals surface area contributed by atoms with Crippen molar-refractivity contribution >= 4 is 0 Å². The molecule has 2 atom stereocenters. The molecule has 0 radical (unpaired) electrons. The number of aliphatic hydroxyl groups is 2. The summed E-state index contributed by atoms with van der Waals surface area (Å²) in [5.74, 6) is 0. The molecule has 18 heavy (non-hydrogen) atoms. The minimum atomic E-state index is -0.957. The Labute approximate surface area is 112 Å². The van der Waals surface area contributed by atoms with Crippen LogP contribution in [0.15, 0.2) is 24.8 Å². The van der Waals surface area contributed by atoms with E-state index in [9.17, 15) is 10.2 Å². The van der Waals surface area contributed by atoms with Gasteiger partial charge in [0, 0.05) is 0 Å². The van der Waals surface area contributed by atoms with Crippen LogP contribution in [0, 0.1) is 0 Å². The van der Waals surface area contributed by atoms with Crippen molar-refractivity contribution in [3.63, 3.8) is 0 Å². The van der Waals surface area contributed by atoms with Gasteiger partial charge < -0.3 is 10.2 Å². The molecule has 0 bridgehead atoms. The van der Waals surface area contributed by atoms with Gasteiger partial charge in [0.2, 0.25) is 0 Å². The van der Waals surface area contributed by atoms with Crippen molar-refractivity contribution in [3.05, 3.63) is 24.8 Å². The molecule has 0 aromatic carbocycles. The van der Waals surface area contributed by atoms with E-state index >= 15 is 0 Å². The van der Waals surface area contributed by atoms with Crippen LogP contribution < -0.4 is 0 Å². The molecular formula is C16H30O2. The van der Waals surface area contributed by atoms with Crippen molar-refractivity contribution in [1.82, 2.24) is 0 Å². The first-order chi connectivity index (χ1) is 8.58. The van der Waals surface area contributed by atoms with E-state index < -0.39 is 11.7 Å². The molecule has 0 rings (SSSR count). The highest BCUT2D eigenvalue weighted by atomic mass is 16.3. The predicted molar refractivity (Wildman–Crippen MR) is 78.6 cm³/mol. The molecule has 2 unspecified atom stereocenters. The Morgan fingerprint density at radius 3 is 2.28 bits per heavy atom. The van der Waals surface area contributed by atoms with E-state index in [1.165, 1.54) is 0 Å². The lowest BCUT2D eigenvalue weighted by molar-refractivity contribution is 0.126. The molecule has 0 aliphatic rings. The first-order valence-electron chi connectivity index (χ1n) is 7.31. The number of unbranched alkanes of at least 4 members (excludes halogenated alkanes) is 4. The highest BCUT2D eigenvalue weighted by Crippen LogP contribution is 2.19. The molecule has 2 nitrogen and oxygen atoms in total. The van der Waals surface area contributed by atoms with Crippen molar-refractivity contribution in [2.45, 2.75) is 76.9 Å². The smallest absolute Gasteiger partial charge is 0.101 e. The molecular weight excluding hydrogens is 224 g/mol. The van der Waals surface area contributed by atoms with Crippen LogP contribution in [0.1, 0.15) is 65.2 Å². The topological polar surface area (TPSA) is 40.5 Å². The first kappa shape index (κ1) is 17.4. The fraction of sp³-hybridized carbons (Fsp3) is 0.750. The van der Waals surface area contributed by atoms with E-state index in [-0.39, 0.29) is 0 Å². The molecule has 0 amide bonds. The van der Waals surface area contributed by atoms with E-state index in [2.05, 4.69) is 20.4 Å². The lowest BCUT2D eigenvalue weighted by Gasteiger charge is -2.20. The Morgan fingerprint density at radius 1 is 1.11 bits per heavy atom. The van der Waals surface area contributed by atoms with Crippen LogP contribution in [0.25, 0.3) is 0 Å². The van der Waals surface area contributed by atoms with Crippen molar-refractivity contribution in [2.75, 3.05) is 0 Å². The van der Waals surface area contributed by atoms with Crippen molar-refractivity contribution in [3.8, 4) is 0 Å². The van der Waals surface area contributed by atoms with Crippen LogP contribution >= 0.6 is 0 Å². The Hall–Kier alpha value is -0.600. The zero-order chi connectivity index (χ0) is 13.9. The minimum absolute atomic E-state index is 0.450. The summed E-state index contributed by atoms with van der Waals surface area (Å²) in [6.45, 7) is 7.97. The Balaban J connectivity index is 4.10. The number of hydrogen-bond acceptors (Lipinski definition) is 2. The van der Waals surface area contributed by atoms with E-state index in [1.54, 1.807) is 18.2 Å². The third kappa shape index (κ3) is 8.48. The van der Waals surface area contributed by atoms with Crippen LogP contribution in [-0.2, 0) is 0 Å². The summed E-state index contributed by atoms with van der Waals surface area (Å²) in [7, 11) is 0. The molecule has 0 saturated heterocycles. The van der Waals surface area contributed by atoms with Crippen LogP contribution in [0.5, 0.6) is 0 Å². The maximum atomic E-state index is 10.3. The lowest BCUT2D eigenvalue weighted by Crippen LogP contribution is -2.23. The zero-order valence-electron chi connectivity index (χ0n) is 12.1. The fourth-order valence-electron chi connectivity index (χ4n) is 1.89. The monoisotopic (exact) mass is 254 g/mol. The van der Waals surface area contributed by atoms with Gasteiger partial charge >= 0.3 is 0 Å². The van der Waals surface area contributed by atoms with Gasteiger partial charge in [-0.25, -0.2) is 0 Å². The summed E-state index contributed by atoms with van der Waals surface area (Å²) in [4.78, 5) is 0. The second-order valence-corrected chi connectivity index (χ2v) is 5.07. The Morgan fingerprint density at radius 2 is 1.72 bits per heavy atom. The SMILES string of the molecule is C=CC(O)(C=CC(O)CCCCC)CCCCC. The molecule has 0 fully saturated rings. The minimum Gasteiger partial charge on any atom is -0.389 e. The van der Waals surface area contributed by atoms with Crippen LogP contribution in [-0.4, -0.2) is 21.9 Å². The lowest BCUT2D eigenvalue weighted by atomic mass is 9.95. The van der Waals surface area contributed by atoms with Gasteiger partial charge in [0.05, 0.1) is 6.10 Å². The molecule has 2 heteroatoms. The molecule has 0 aromatic rings. The Bertz CT molecular complexity index is 235. The number of hydrogen-bond donors (Lipinski definition) is 2. The highest BCUT2D eigenvalue weighted by Gasteiger charge is 2.18. The van der Waals surface area contributed by atoms with Gasteiger partial charge in [-0.2, -0.15) is 0 Å². The molecule has 0 aliphatic heterocycles. The molecule has 2 N–H and O–H groups in total. The highest BCUT2D eigenvalue weighted by molar-refractivity contribution is 5.12. The maximum absolute atomic E-state index is 10.3. The fourth-order valence-corrected chi connectivity index (χ4v) is 1.89. The average molecular weight is 254 g/mol. The summed E-state index contributed by atoms with van der Waals surface area (Å²) in [6.07, 6.45) is 12.5. The largest absolute Gasteiger partial charge is 0.389 e. The average Bonchev–Trinajstić information content (AvgIpc) is 2.37. The third-order valence-electron chi connectivity index (χ3n) is 3.24. The summed E-state index contributed by atoms with van der Waals surface area (Å²) < 4.78 is 0. The normalized spacial score (nSPS) is 16.7. The second kappa shape index (κ2) is 10.3. The van der Waals surface area contributed by atoms with Crippen LogP contribution in [0.2, 0.25) is 0 Å². The van der Waals surface area contributed by atoms with Crippen molar-refractivity contribution in [1.29, 1.82) is 0 Å². The summed E-state index contributed by atoms with van der Waals surface area (Å²) in [6, 6.07) is 0. The van der Waals surface area contributed by atoms with Crippen molar-refractivity contribution in [2.24, 2.45) is 0 Å². The van der Waals surface area contributed by atoms with Gasteiger partial charge in [-0.05, 0) is 19.3 Å². The molecule has 0 saturated carbocycles. The number of aliphatic hydroxyl groups excluding tert-OH is 1. The standard InChI is InChI=1S/C16H30O2/c1-4-7-9-11-15(17)12-14-16(18,6-3)13-10-8-5-2/h6,12,14-15,17-18H,3-5,7-11,13H2,1-2H3. The van der Waals surface area contributed by atoms with Gasteiger partial charge in [-0.1, -0.05) is 70.8 Å². The molecule has 106 valence electrons. The third-order valence-corrected chi connectivity index (χ3v) is 3.24. The number of rotatable bonds is 11. The maximum Gasteiger partial charge on any atom is 0.101 e. The molecule has 0 spiro atoms. The van der Waals surface area contributed by atoms with Crippen LogP contribution in [0.3, 0.4) is 0 Å². The quantitative estimate of drug-likeness (QED) is 0.432. The molecule has 0 aliphatic carbocycles. The van der Waals surface area contributed by atoms with Gasteiger partial charge in [0.25, 0.3) is 0 Å². The zero-order valence-corrected chi connectivity index (χ0v) is 12.1. The van der Waals surface area contributed by atoms with E-state index in [1.807, 2.05) is 0 Å². The van der Waals surface area contributed by atoms with Gasteiger partial charge in [0.1, 0.15) is 5.60 Å². The van der Waals surface area contributed by atoms with Crippen LogP contribution in [0.4, 0.5) is 0 Å². The summed E-state index contributed by atoms with van der Waals surface area (Å²) in [5, 5.41) is 20.0. The van der Waals surface area contributed by atoms with E-state index in [0.29, 0.717) is 6.42 Å². The van der Waals surface area contributed by atoms with Gasteiger partial charge in [0.15, 0.2) is 0 Å². The van der Waals surface area contributed by atoms with Gasteiger partial charge in [-0.15, -0.1) is 0 Å². The van der Waals surface area contributed by atoms with Crippen molar-refractivity contribution < 1.29 is 10.2 Å². The summed E-state index contributed by atoms with van der Waals surface area (Å²) >= 11 is 0. The molecule has 0 heterocycles. The molecule has 0 aromatic heterocycles. The first-order valence-corrected chi connectivity index (χ1v) is 7.31. The second-order valence-electron chi connectivity index (χ2n) is 5.07. The van der Waals surface area contributed by atoms with Gasteiger partial charge in [-0.3, -0.25) is 0 Å². The van der Waals surface area contributed by atoms with E-state index in [0.717, 1.165) is 44.9 Å². The van der Waals surface area contributed by atoms with E-state index in [4.69, 9.17) is 0 Å². The predicted octanol–water partition coefficient (Wildman–Crippen LogP) is 3.98. The summed E-state index contributed by atoms with van der Waals surface area (Å²) in [5.41, 5.74) is -0.957. The Kier molecular flexibility index (Phi) is 9.99.